The van der Waals surface area contributed by atoms with E-state index in [4.69, 9.17) is 27.9 Å². The zero-order valence-corrected chi connectivity index (χ0v) is 8.85. The summed E-state index contributed by atoms with van der Waals surface area (Å²) in [5.41, 5.74) is 0. The summed E-state index contributed by atoms with van der Waals surface area (Å²) in [5.74, 6) is 0.0672. The Morgan fingerprint density at radius 1 is 1.57 bits per heavy atom. The summed E-state index contributed by atoms with van der Waals surface area (Å²) in [7, 11) is 0. The first-order valence-corrected chi connectivity index (χ1v) is 4.61. The predicted octanol–water partition coefficient (Wildman–Crippen LogP) is 3.33. The highest BCUT2D eigenvalue weighted by molar-refractivity contribution is 6.42. The second kappa shape index (κ2) is 5.08. The van der Waals surface area contributed by atoms with Gasteiger partial charge in [0, 0.05) is 6.07 Å². The maximum absolute atomic E-state index is 10.9. The van der Waals surface area contributed by atoms with Crippen LogP contribution in [0.25, 0.3) is 0 Å². The molecule has 0 saturated heterocycles. The summed E-state index contributed by atoms with van der Waals surface area (Å²) in [5, 5.41) is 0.437. The fourth-order valence-electron chi connectivity index (χ4n) is 0.740. The third-order valence-corrected chi connectivity index (χ3v) is 2.09. The SMILES string of the molecule is CCOC(=O)Oc1[c]ccc(Cl)c1Cl. The molecule has 0 fully saturated rings. The average Bonchev–Trinajstić information content (AvgIpc) is 2.13. The smallest absolute Gasteiger partial charge is 0.434 e. The molecule has 1 aromatic carbocycles. The summed E-state index contributed by atoms with van der Waals surface area (Å²) in [6.07, 6.45) is -0.826. The Balaban J connectivity index is 2.76. The third kappa shape index (κ3) is 2.79. The van der Waals surface area contributed by atoms with Crippen LogP contribution in [-0.4, -0.2) is 12.8 Å². The van der Waals surface area contributed by atoms with Gasteiger partial charge in [0.1, 0.15) is 5.02 Å². The van der Waals surface area contributed by atoms with Gasteiger partial charge in [-0.1, -0.05) is 23.2 Å². The maximum Gasteiger partial charge on any atom is 0.513 e. The first-order valence-electron chi connectivity index (χ1n) is 3.85. The largest absolute Gasteiger partial charge is 0.513 e. The Morgan fingerprint density at radius 3 is 2.93 bits per heavy atom. The lowest BCUT2D eigenvalue weighted by Crippen LogP contribution is -2.10. The zero-order chi connectivity index (χ0) is 10.6. The molecule has 0 bridgehead atoms. The number of halogens is 2. The Labute approximate surface area is 91.5 Å². The van der Waals surface area contributed by atoms with Crippen molar-refractivity contribution in [2.45, 2.75) is 6.92 Å². The number of carbonyl (C=O) groups excluding carboxylic acids is 1. The van der Waals surface area contributed by atoms with Crippen molar-refractivity contribution in [3.05, 3.63) is 28.2 Å². The van der Waals surface area contributed by atoms with Gasteiger partial charge in [-0.2, -0.15) is 0 Å². The van der Waals surface area contributed by atoms with Gasteiger partial charge in [-0.05, 0) is 19.1 Å². The highest BCUT2D eigenvalue weighted by Gasteiger charge is 2.10. The van der Waals surface area contributed by atoms with Gasteiger partial charge in [-0.15, -0.1) is 0 Å². The molecule has 0 aliphatic heterocycles. The monoisotopic (exact) mass is 233 g/mol. The van der Waals surface area contributed by atoms with Gasteiger partial charge < -0.3 is 9.47 Å². The van der Waals surface area contributed by atoms with Crippen molar-refractivity contribution in [3.8, 4) is 5.75 Å². The number of carbonyl (C=O) groups is 1. The molecule has 0 aliphatic rings. The zero-order valence-electron chi connectivity index (χ0n) is 7.34. The molecular weight excluding hydrogens is 227 g/mol. The van der Waals surface area contributed by atoms with Gasteiger partial charge in [0.05, 0.1) is 11.6 Å². The molecule has 0 saturated carbocycles. The lowest BCUT2D eigenvalue weighted by molar-refractivity contribution is 0.104. The molecule has 0 aromatic heterocycles. The molecule has 75 valence electrons. The molecule has 5 heteroatoms. The van der Waals surface area contributed by atoms with E-state index in [2.05, 4.69) is 10.8 Å². The van der Waals surface area contributed by atoms with Crippen molar-refractivity contribution in [2.24, 2.45) is 0 Å². The summed E-state index contributed by atoms with van der Waals surface area (Å²) >= 11 is 11.4. The maximum atomic E-state index is 10.9. The van der Waals surface area contributed by atoms with Crippen molar-refractivity contribution in [1.29, 1.82) is 0 Å². The predicted molar refractivity (Wildman–Crippen MR) is 52.9 cm³/mol. The molecule has 0 N–H and O–H groups in total. The van der Waals surface area contributed by atoms with Gasteiger partial charge in [0.2, 0.25) is 0 Å². The molecule has 0 unspecified atom stereocenters. The molecule has 3 nitrogen and oxygen atoms in total. The van der Waals surface area contributed by atoms with Crippen LogP contribution in [0.4, 0.5) is 4.79 Å². The third-order valence-electron chi connectivity index (χ3n) is 1.30. The minimum atomic E-state index is -0.826. The van der Waals surface area contributed by atoms with E-state index in [-0.39, 0.29) is 17.4 Å². The Hall–Kier alpha value is -0.930. The van der Waals surface area contributed by atoms with E-state index in [1.54, 1.807) is 13.0 Å². The first-order chi connectivity index (χ1) is 6.65. The van der Waals surface area contributed by atoms with Crippen LogP contribution in [-0.2, 0) is 4.74 Å². The van der Waals surface area contributed by atoms with E-state index in [9.17, 15) is 4.79 Å². The minimum absolute atomic E-state index is 0.0672. The minimum Gasteiger partial charge on any atom is -0.434 e. The Kier molecular flexibility index (Phi) is 4.04. The summed E-state index contributed by atoms with van der Waals surface area (Å²) in [6, 6.07) is 5.67. The van der Waals surface area contributed by atoms with Crippen LogP contribution in [0.2, 0.25) is 10.0 Å². The van der Waals surface area contributed by atoms with Gasteiger partial charge in [-0.3, -0.25) is 0 Å². The van der Waals surface area contributed by atoms with E-state index in [0.717, 1.165) is 0 Å². The number of benzene rings is 1. The van der Waals surface area contributed by atoms with Crippen LogP contribution in [0.5, 0.6) is 5.75 Å². The van der Waals surface area contributed by atoms with Gasteiger partial charge >= 0.3 is 6.16 Å². The van der Waals surface area contributed by atoms with E-state index in [1.807, 2.05) is 0 Å². The number of hydrogen-bond donors (Lipinski definition) is 0. The van der Waals surface area contributed by atoms with E-state index in [1.165, 1.54) is 6.07 Å². The van der Waals surface area contributed by atoms with Gasteiger partial charge in [0.25, 0.3) is 0 Å². The second-order valence-electron chi connectivity index (χ2n) is 2.25. The van der Waals surface area contributed by atoms with Crippen LogP contribution in [0.15, 0.2) is 12.1 Å². The molecule has 0 aliphatic carbocycles. The van der Waals surface area contributed by atoms with Crippen molar-refractivity contribution in [1.82, 2.24) is 0 Å². The van der Waals surface area contributed by atoms with Crippen LogP contribution >= 0.6 is 23.2 Å². The number of ether oxygens (including phenoxy) is 2. The normalized spacial score (nSPS) is 9.64. The quantitative estimate of drug-likeness (QED) is 0.581. The highest BCUT2D eigenvalue weighted by atomic mass is 35.5. The van der Waals surface area contributed by atoms with Crippen molar-refractivity contribution in [2.75, 3.05) is 6.61 Å². The van der Waals surface area contributed by atoms with Crippen molar-refractivity contribution < 1.29 is 14.3 Å². The summed E-state index contributed by atoms with van der Waals surface area (Å²) in [6.45, 7) is 1.90. The summed E-state index contributed by atoms with van der Waals surface area (Å²) in [4.78, 5) is 10.9. The topological polar surface area (TPSA) is 35.5 Å². The Morgan fingerprint density at radius 2 is 2.29 bits per heavy atom. The van der Waals surface area contributed by atoms with Crippen molar-refractivity contribution in [3.63, 3.8) is 0 Å². The van der Waals surface area contributed by atoms with E-state index < -0.39 is 6.16 Å². The van der Waals surface area contributed by atoms with Crippen LogP contribution in [0.3, 0.4) is 0 Å². The number of hydrogen-bond acceptors (Lipinski definition) is 3. The van der Waals surface area contributed by atoms with Crippen LogP contribution in [0, 0.1) is 6.07 Å². The Bertz CT molecular complexity index is 339. The molecule has 1 radical (unpaired) electrons. The molecule has 0 heterocycles. The van der Waals surface area contributed by atoms with Gasteiger partial charge in [0.15, 0.2) is 5.75 Å². The lowest BCUT2D eigenvalue weighted by Gasteiger charge is -2.05. The molecular formula is C9H7Cl2O3. The van der Waals surface area contributed by atoms with Crippen LogP contribution < -0.4 is 4.74 Å². The van der Waals surface area contributed by atoms with E-state index in [0.29, 0.717) is 5.02 Å². The molecule has 14 heavy (non-hydrogen) atoms. The summed E-state index contributed by atoms with van der Waals surface area (Å²) < 4.78 is 9.29. The first kappa shape index (κ1) is 11.1. The van der Waals surface area contributed by atoms with Gasteiger partial charge in [-0.25, -0.2) is 4.79 Å². The van der Waals surface area contributed by atoms with Crippen molar-refractivity contribution >= 4 is 29.4 Å². The van der Waals surface area contributed by atoms with Crippen LogP contribution in [0.1, 0.15) is 6.92 Å². The fourth-order valence-corrected chi connectivity index (χ4v) is 1.05. The molecule has 0 spiro atoms. The standard InChI is InChI=1S/C9H7Cl2O3/c1-2-13-9(12)14-7-5-3-4-6(10)8(7)11/h3-4H,2H2,1H3. The molecule has 1 rings (SSSR count). The highest BCUT2D eigenvalue weighted by Crippen LogP contribution is 2.31. The molecule has 1 aromatic rings. The second-order valence-corrected chi connectivity index (χ2v) is 3.04. The van der Waals surface area contributed by atoms with E-state index >= 15 is 0 Å². The fraction of sp³-hybridized carbons (Fsp3) is 0.222. The molecule has 0 atom stereocenters. The number of rotatable bonds is 2. The molecule has 0 amide bonds. The lowest BCUT2D eigenvalue weighted by atomic mass is 10.3. The average molecular weight is 234 g/mol.